The van der Waals surface area contributed by atoms with Crippen molar-refractivity contribution in [2.75, 3.05) is 33.7 Å². The number of nitrogens with zero attached hydrogens (tertiary/aromatic N) is 2. The maximum absolute atomic E-state index is 12.1. The van der Waals surface area contributed by atoms with Gasteiger partial charge in [0.2, 0.25) is 5.91 Å². The number of amides is 1. The second kappa shape index (κ2) is 12.9. The fourth-order valence-corrected chi connectivity index (χ4v) is 4.16. The van der Waals surface area contributed by atoms with Gasteiger partial charge in [-0.1, -0.05) is 23.7 Å². The number of piperidine rings is 1. The second-order valence-corrected chi connectivity index (χ2v) is 7.98. The lowest BCUT2D eigenvalue weighted by Crippen LogP contribution is -2.47. The summed E-state index contributed by atoms with van der Waals surface area (Å²) in [6.45, 7) is 2.34. The number of guanidine groups is 1. The van der Waals surface area contributed by atoms with Crippen LogP contribution in [0.2, 0.25) is 5.02 Å². The Morgan fingerprint density at radius 3 is 2.81 bits per heavy atom. The lowest BCUT2D eigenvalue weighted by molar-refractivity contribution is -0.120. The van der Waals surface area contributed by atoms with Crippen LogP contribution in [0.3, 0.4) is 0 Å². The molecule has 0 bridgehead atoms. The van der Waals surface area contributed by atoms with Gasteiger partial charge in [0.15, 0.2) is 5.96 Å². The van der Waals surface area contributed by atoms with Gasteiger partial charge in [0, 0.05) is 24.7 Å². The van der Waals surface area contributed by atoms with Crippen molar-refractivity contribution >= 4 is 47.4 Å². The number of aliphatic imine (C=N–C) groups is 1. The molecule has 1 aromatic heterocycles. The van der Waals surface area contributed by atoms with Crippen LogP contribution in [0.5, 0.6) is 0 Å². The van der Waals surface area contributed by atoms with E-state index < -0.39 is 0 Å². The standard InChI is InChI=1S/C22H30ClN5O2.HI/c1-24-22(27-15-20(29)25-14-19-9-5-11-30-19)26-13-17-7-4-10-28(2)21(17)16-6-3-8-18(23)12-16;/h3,5-6,8-9,11-12,17,21H,4,7,10,13-15H2,1-2H3,(H,25,29)(H2,24,26,27);1H. The molecule has 9 heteroatoms. The first-order valence-electron chi connectivity index (χ1n) is 10.3. The second-order valence-electron chi connectivity index (χ2n) is 7.55. The predicted molar refractivity (Wildman–Crippen MR) is 135 cm³/mol. The minimum atomic E-state index is -0.122. The monoisotopic (exact) mass is 559 g/mol. The third-order valence-corrected chi connectivity index (χ3v) is 5.64. The zero-order chi connectivity index (χ0) is 21.3. The number of hydrogen-bond donors (Lipinski definition) is 3. The van der Waals surface area contributed by atoms with Crippen LogP contribution in [0, 0.1) is 5.92 Å². The van der Waals surface area contributed by atoms with Crippen LogP contribution in [0.25, 0.3) is 0 Å². The molecule has 1 fully saturated rings. The Hall–Kier alpha value is -1.78. The van der Waals surface area contributed by atoms with Gasteiger partial charge in [0.05, 0.1) is 19.4 Å². The number of carbonyl (C=O) groups is 1. The van der Waals surface area contributed by atoms with Crippen molar-refractivity contribution in [3.63, 3.8) is 0 Å². The number of hydrogen-bond acceptors (Lipinski definition) is 4. The van der Waals surface area contributed by atoms with Crippen molar-refractivity contribution in [2.45, 2.75) is 25.4 Å². The average Bonchev–Trinajstić information content (AvgIpc) is 3.26. The van der Waals surface area contributed by atoms with Gasteiger partial charge < -0.3 is 20.4 Å². The first-order chi connectivity index (χ1) is 14.6. The van der Waals surface area contributed by atoms with Gasteiger partial charge in [-0.2, -0.15) is 0 Å². The molecule has 3 N–H and O–H groups in total. The molecule has 0 aliphatic carbocycles. The summed E-state index contributed by atoms with van der Waals surface area (Å²) in [6.07, 6.45) is 3.86. The molecular weight excluding hydrogens is 529 g/mol. The van der Waals surface area contributed by atoms with Crippen molar-refractivity contribution < 1.29 is 9.21 Å². The SMILES string of the molecule is CN=C(NCC(=O)NCc1ccco1)NCC1CCCN(C)C1c1cccc(Cl)c1.I. The molecule has 2 unspecified atom stereocenters. The van der Waals surface area contributed by atoms with Crippen molar-refractivity contribution in [2.24, 2.45) is 10.9 Å². The Labute approximate surface area is 206 Å². The fraction of sp³-hybridized carbons (Fsp3) is 0.455. The molecule has 1 amide bonds. The maximum Gasteiger partial charge on any atom is 0.239 e. The Kier molecular flexibility index (Phi) is 10.6. The predicted octanol–water partition coefficient (Wildman–Crippen LogP) is 3.42. The summed E-state index contributed by atoms with van der Waals surface area (Å²) in [6, 6.07) is 12.0. The van der Waals surface area contributed by atoms with Gasteiger partial charge in [-0.15, -0.1) is 24.0 Å². The van der Waals surface area contributed by atoms with E-state index in [1.165, 1.54) is 5.56 Å². The van der Waals surface area contributed by atoms with E-state index >= 15 is 0 Å². The highest BCUT2D eigenvalue weighted by Gasteiger charge is 2.30. The van der Waals surface area contributed by atoms with Crippen molar-refractivity contribution in [1.82, 2.24) is 20.9 Å². The molecular formula is C22H31ClIN5O2. The number of rotatable bonds is 7. The normalized spacial score (nSPS) is 19.4. The van der Waals surface area contributed by atoms with Gasteiger partial charge in [-0.25, -0.2) is 0 Å². The quantitative estimate of drug-likeness (QED) is 0.275. The van der Waals surface area contributed by atoms with Gasteiger partial charge in [-0.05, 0) is 62.2 Å². The molecule has 0 radical (unpaired) electrons. The smallest absolute Gasteiger partial charge is 0.239 e. The summed E-state index contributed by atoms with van der Waals surface area (Å²) in [5, 5.41) is 10.0. The van der Waals surface area contributed by atoms with Crippen molar-refractivity contribution in [1.29, 1.82) is 0 Å². The van der Waals surface area contributed by atoms with Gasteiger partial charge in [-0.3, -0.25) is 14.7 Å². The highest BCUT2D eigenvalue weighted by atomic mass is 127. The largest absolute Gasteiger partial charge is 0.467 e. The van der Waals surface area contributed by atoms with Crippen LogP contribution in [0.4, 0.5) is 0 Å². The Morgan fingerprint density at radius 2 is 2.10 bits per heavy atom. The molecule has 2 aromatic rings. The minimum Gasteiger partial charge on any atom is -0.467 e. The van der Waals surface area contributed by atoms with Gasteiger partial charge in [0.1, 0.15) is 5.76 Å². The molecule has 0 spiro atoms. The molecule has 0 saturated carbocycles. The van der Waals surface area contributed by atoms with E-state index in [4.69, 9.17) is 16.0 Å². The molecule has 1 saturated heterocycles. The molecule has 7 nitrogen and oxygen atoms in total. The first kappa shape index (κ1) is 25.5. The average molecular weight is 560 g/mol. The maximum atomic E-state index is 12.1. The minimum absolute atomic E-state index is 0. The summed E-state index contributed by atoms with van der Waals surface area (Å²) >= 11 is 6.23. The van der Waals surface area contributed by atoms with Gasteiger partial charge >= 0.3 is 0 Å². The lowest BCUT2D eigenvalue weighted by Gasteiger charge is -2.40. The third kappa shape index (κ3) is 7.69. The Balaban J connectivity index is 0.00000341. The molecule has 1 aromatic carbocycles. The molecule has 31 heavy (non-hydrogen) atoms. The molecule has 1 aliphatic rings. The zero-order valence-corrected chi connectivity index (χ0v) is 21.0. The van der Waals surface area contributed by atoms with E-state index in [1.807, 2.05) is 18.2 Å². The van der Waals surface area contributed by atoms with Crippen LogP contribution < -0.4 is 16.0 Å². The highest BCUT2D eigenvalue weighted by Crippen LogP contribution is 2.35. The number of benzene rings is 1. The molecule has 1 aliphatic heterocycles. The number of nitrogens with one attached hydrogen (secondary N) is 3. The van der Waals surface area contributed by atoms with E-state index in [2.05, 4.69) is 45.0 Å². The van der Waals surface area contributed by atoms with E-state index in [0.29, 0.717) is 24.5 Å². The number of likely N-dealkylation sites (tertiary alicyclic amines) is 1. The van der Waals surface area contributed by atoms with Crippen molar-refractivity contribution in [3.05, 3.63) is 59.0 Å². The zero-order valence-electron chi connectivity index (χ0n) is 17.9. The van der Waals surface area contributed by atoms with Crippen LogP contribution in [0.15, 0.2) is 52.1 Å². The highest BCUT2D eigenvalue weighted by molar-refractivity contribution is 14.0. The summed E-state index contributed by atoms with van der Waals surface area (Å²) in [7, 11) is 3.87. The number of carbonyl (C=O) groups excluding carboxylic acids is 1. The fourth-order valence-electron chi connectivity index (χ4n) is 3.96. The lowest BCUT2D eigenvalue weighted by atomic mass is 9.85. The van der Waals surface area contributed by atoms with Crippen LogP contribution in [0.1, 0.15) is 30.2 Å². The van der Waals surface area contributed by atoms with Crippen LogP contribution >= 0.6 is 35.6 Å². The summed E-state index contributed by atoms with van der Waals surface area (Å²) in [5.74, 6) is 1.62. The molecule has 3 rings (SSSR count). The van der Waals surface area contributed by atoms with Gasteiger partial charge in [0.25, 0.3) is 0 Å². The number of halogens is 2. The first-order valence-corrected chi connectivity index (χ1v) is 10.6. The number of furan rings is 1. The Morgan fingerprint density at radius 1 is 1.26 bits per heavy atom. The summed E-state index contributed by atoms with van der Waals surface area (Å²) in [4.78, 5) is 18.7. The summed E-state index contributed by atoms with van der Waals surface area (Å²) in [5.41, 5.74) is 1.23. The Bertz CT molecular complexity index is 846. The van der Waals surface area contributed by atoms with E-state index in [1.54, 1.807) is 19.4 Å². The topological polar surface area (TPSA) is 81.9 Å². The molecule has 170 valence electrons. The van der Waals surface area contributed by atoms with Crippen LogP contribution in [-0.2, 0) is 11.3 Å². The summed E-state index contributed by atoms with van der Waals surface area (Å²) < 4.78 is 5.22. The van der Waals surface area contributed by atoms with E-state index in [0.717, 1.165) is 36.7 Å². The molecule has 2 atom stereocenters. The van der Waals surface area contributed by atoms with E-state index in [9.17, 15) is 4.79 Å². The van der Waals surface area contributed by atoms with Crippen LogP contribution in [-0.4, -0.2) is 50.5 Å². The van der Waals surface area contributed by atoms with Crippen molar-refractivity contribution in [3.8, 4) is 0 Å². The molecule has 2 heterocycles. The third-order valence-electron chi connectivity index (χ3n) is 5.41. The van der Waals surface area contributed by atoms with E-state index in [-0.39, 0.29) is 36.4 Å².